The summed E-state index contributed by atoms with van der Waals surface area (Å²) in [5.74, 6) is -2.75. The van der Waals surface area contributed by atoms with Crippen LogP contribution >= 0.6 is 11.9 Å². The third-order valence-electron chi connectivity index (χ3n) is 5.74. The molecule has 7 heteroatoms. The molecule has 1 heterocycles. The van der Waals surface area contributed by atoms with Crippen molar-refractivity contribution in [1.29, 1.82) is 0 Å². The Morgan fingerprint density at radius 1 is 1.12 bits per heavy atom. The average Bonchev–Trinajstić information content (AvgIpc) is 3.19. The first-order valence-corrected chi connectivity index (χ1v) is 11.2. The van der Waals surface area contributed by atoms with Gasteiger partial charge in [-0.2, -0.15) is 0 Å². The largest absolute Gasteiger partial charge is 0.323 e. The lowest BCUT2D eigenvalue weighted by Crippen LogP contribution is -2.15. The molecule has 0 amide bonds. The van der Waals surface area contributed by atoms with Crippen molar-refractivity contribution in [3.05, 3.63) is 76.9 Å². The third kappa shape index (κ3) is 4.93. The number of hydrogen-bond acceptors (Lipinski definition) is 5. The zero-order valence-electron chi connectivity index (χ0n) is 18.0. The summed E-state index contributed by atoms with van der Waals surface area (Å²) in [4.78, 5) is 15.8. The molecule has 166 valence electrons. The predicted octanol–water partition coefficient (Wildman–Crippen LogP) is 6.41. The maximum absolute atomic E-state index is 13.5. The van der Waals surface area contributed by atoms with Gasteiger partial charge in [-0.05, 0) is 90.2 Å². The van der Waals surface area contributed by atoms with Gasteiger partial charge in [-0.3, -0.25) is 4.79 Å². The van der Waals surface area contributed by atoms with Gasteiger partial charge in [0.05, 0.1) is 11.4 Å². The van der Waals surface area contributed by atoms with Crippen LogP contribution in [0.15, 0.2) is 70.2 Å². The highest BCUT2D eigenvalue weighted by atomic mass is 32.2. The minimum atomic E-state index is -2.75. The van der Waals surface area contributed by atoms with Crippen molar-refractivity contribution in [1.82, 2.24) is 0 Å². The molecule has 4 rings (SSSR count). The fourth-order valence-corrected chi connectivity index (χ4v) is 4.92. The predicted molar refractivity (Wildman–Crippen MR) is 125 cm³/mol. The first kappa shape index (κ1) is 22.3. The van der Waals surface area contributed by atoms with Gasteiger partial charge in [-0.25, -0.2) is 8.78 Å². The van der Waals surface area contributed by atoms with Gasteiger partial charge in [0, 0.05) is 18.4 Å². The normalized spacial score (nSPS) is 16.4. The fraction of sp³-hybridized carbons (Fsp3) is 0.280. The highest BCUT2D eigenvalue weighted by molar-refractivity contribution is 8.00. The van der Waals surface area contributed by atoms with E-state index in [2.05, 4.69) is 32.5 Å². The topological polar surface area (TPSA) is 41.9 Å². The average molecular weight is 455 g/mol. The van der Waals surface area contributed by atoms with E-state index in [1.54, 1.807) is 24.9 Å². The van der Waals surface area contributed by atoms with Crippen LogP contribution < -0.4 is 4.31 Å². The second-order valence-electron chi connectivity index (χ2n) is 7.96. The molecule has 0 N–H and O–H groups in total. The number of carbonyl (C=O) groups excluding carboxylic acids is 1. The minimum absolute atomic E-state index is 0.203. The number of alkyl halides is 2. The molecule has 0 aromatic heterocycles. The van der Waals surface area contributed by atoms with Gasteiger partial charge in [0.1, 0.15) is 0 Å². The van der Waals surface area contributed by atoms with Gasteiger partial charge in [-0.15, -0.1) is 0 Å². The molecule has 0 saturated heterocycles. The van der Waals surface area contributed by atoms with Crippen LogP contribution in [0.25, 0.3) is 5.57 Å². The van der Waals surface area contributed by atoms with Crippen LogP contribution in [0.4, 0.5) is 14.5 Å². The number of nitrogens with zero attached hydrogens (tertiary/aromatic N) is 2. The molecule has 0 radical (unpaired) electrons. The molecule has 0 fully saturated rings. The van der Waals surface area contributed by atoms with E-state index in [9.17, 15) is 13.6 Å². The van der Waals surface area contributed by atoms with E-state index in [1.807, 2.05) is 30.3 Å². The SMILES string of the molecule is C/C(=N\OC=O)c1ccc(SN2CCc3cc(C4=CC=C(C(C)(F)F)CC4)ccc32)cc1. The number of fused-ring (bicyclic) bond motifs is 1. The lowest BCUT2D eigenvalue weighted by atomic mass is 9.90. The van der Waals surface area contributed by atoms with Gasteiger partial charge in [0.15, 0.2) is 0 Å². The molecule has 2 aromatic carbocycles. The quantitative estimate of drug-likeness (QED) is 0.159. The van der Waals surface area contributed by atoms with Crippen molar-refractivity contribution in [3.63, 3.8) is 0 Å². The van der Waals surface area contributed by atoms with Crippen molar-refractivity contribution in [2.45, 2.75) is 43.9 Å². The van der Waals surface area contributed by atoms with Gasteiger partial charge < -0.3 is 9.14 Å². The number of anilines is 1. The van der Waals surface area contributed by atoms with Crippen molar-refractivity contribution < 1.29 is 18.4 Å². The van der Waals surface area contributed by atoms with Gasteiger partial charge in [-0.1, -0.05) is 35.5 Å². The molecule has 0 atom stereocenters. The number of benzene rings is 2. The smallest absolute Gasteiger partial charge is 0.321 e. The highest BCUT2D eigenvalue weighted by Crippen LogP contribution is 2.40. The molecule has 2 aliphatic rings. The summed E-state index contributed by atoms with van der Waals surface area (Å²) < 4.78 is 29.3. The molecule has 2 aromatic rings. The van der Waals surface area contributed by atoms with Crippen molar-refractivity contribution in [2.75, 3.05) is 10.8 Å². The third-order valence-corrected chi connectivity index (χ3v) is 6.82. The number of hydrogen-bond donors (Lipinski definition) is 0. The Morgan fingerprint density at radius 2 is 1.91 bits per heavy atom. The summed E-state index contributed by atoms with van der Waals surface area (Å²) in [5, 5.41) is 3.72. The van der Waals surface area contributed by atoms with Crippen LogP contribution in [-0.2, 0) is 16.1 Å². The Hall–Kier alpha value is -2.93. The summed E-state index contributed by atoms with van der Waals surface area (Å²) in [7, 11) is 0. The number of carbonyl (C=O) groups is 1. The van der Waals surface area contributed by atoms with Crippen LogP contribution in [0.3, 0.4) is 0 Å². The Bertz CT molecular complexity index is 1100. The van der Waals surface area contributed by atoms with E-state index >= 15 is 0 Å². The molecule has 0 saturated carbocycles. The molecule has 4 nitrogen and oxygen atoms in total. The molecule has 0 unspecified atom stereocenters. The van der Waals surface area contributed by atoms with E-state index in [4.69, 9.17) is 0 Å². The first-order valence-electron chi connectivity index (χ1n) is 10.5. The zero-order valence-corrected chi connectivity index (χ0v) is 18.8. The lowest BCUT2D eigenvalue weighted by molar-refractivity contribution is -0.128. The first-order chi connectivity index (χ1) is 15.3. The van der Waals surface area contributed by atoms with E-state index in [-0.39, 0.29) is 5.57 Å². The number of oxime groups is 1. The van der Waals surface area contributed by atoms with Crippen LogP contribution in [0.2, 0.25) is 0 Å². The standard InChI is InChI=1S/C25H24F2N2O2S/c1-17(28-31-16-30)18-5-10-23(11-6-18)32-29-14-13-21-15-20(7-12-24(21)29)19-3-8-22(9-4-19)25(2,26)27/h3,5-8,10-12,15-16H,4,9,13-14H2,1-2H3/b28-17+. The van der Waals surface area contributed by atoms with Crippen LogP contribution in [0.1, 0.15) is 43.4 Å². The molecule has 1 aliphatic carbocycles. The number of rotatable bonds is 7. The monoisotopic (exact) mass is 454 g/mol. The zero-order chi connectivity index (χ0) is 22.7. The maximum atomic E-state index is 13.5. The van der Waals surface area contributed by atoms with Gasteiger partial charge in [0.25, 0.3) is 5.92 Å². The van der Waals surface area contributed by atoms with Crippen molar-refractivity contribution in [3.8, 4) is 0 Å². The van der Waals surface area contributed by atoms with Gasteiger partial charge >= 0.3 is 6.47 Å². The number of halogens is 2. The summed E-state index contributed by atoms with van der Waals surface area (Å²) in [6.07, 6.45) is 5.40. The number of allylic oxidation sites excluding steroid dienone is 4. The lowest BCUT2D eigenvalue weighted by Gasteiger charge is -2.21. The molecule has 1 aliphatic heterocycles. The molecule has 32 heavy (non-hydrogen) atoms. The highest BCUT2D eigenvalue weighted by Gasteiger charge is 2.28. The van der Waals surface area contributed by atoms with E-state index < -0.39 is 5.92 Å². The van der Waals surface area contributed by atoms with Crippen LogP contribution in [0.5, 0.6) is 0 Å². The van der Waals surface area contributed by atoms with E-state index in [0.717, 1.165) is 41.5 Å². The van der Waals surface area contributed by atoms with Gasteiger partial charge in [0.2, 0.25) is 0 Å². The molecular formula is C25H24F2N2O2S. The minimum Gasteiger partial charge on any atom is -0.321 e. The van der Waals surface area contributed by atoms with Crippen molar-refractivity contribution in [2.24, 2.45) is 5.16 Å². The summed E-state index contributed by atoms with van der Waals surface area (Å²) in [5.41, 5.74) is 6.41. The summed E-state index contributed by atoms with van der Waals surface area (Å²) in [6.45, 7) is 3.95. The van der Waals surface area contributed by atoms with Crippen LogP contribution in [0, 0.1) is 0 Å². The Balaban J connectivity index is 1.46. The maximum Gasteiger partial charge on any atom is 0.323 e. The Labute approximate surface area is 190 Å². The Morgan fingerprint density at radius 3 is 2.56 bits per heavy atom. The fourth-order valence-electron chi connectivity index (χ4n) is 3.95. The van der Waals surface area contributed by atoms with E-state index in [0.29, 0.717) is 25.0 Å². The molecular weight excluding hydrogens is 430 g/mol. The molecule has 0 bridgehead atoms. The van der Waals surface area contributed by atoms with Crippen LogP contribution in [-0.4, -0.2) is 24.7 Å². The Kier molecular flexibility index (Phi) is 6.46. The summed E-state index contributed by atoms with van der Waals surface area (Å²) >= 11 is 1.68. The van der Waals surface area contributed by atoms with E-state index in [1.165, 1.54) is 11.3 Å². The second-order valence-corrected chi connectivity index (χ2v) is 9.06. The van der Waals surface area contributed by atoms with Crippen molar-refractivity contribution >= 4 is 35.4 Å². The summed E-state index contributed by atoms with van der Waals surface area (Å²) in [6, 6.07) is 14.3. The molecule has 0 spiro atoms. The second kappa shape index (κ2) is 9.28.